The van der Waals surface area contributed by atoms with Crippen molar-refractivity contribution in [1.29, 1.82) is 0 Å². The minimum Gasteiger partial charge on any atom is -0.468 e. The minimum absolute atomic E-state index is 0.350. The average Bonchev–Trinajstić information content (AvgIpc) is 2.76. The van der Waals surface area contributed by atoms with Gasteiger partial charge in [0.15, 0.2) is 0 Å². The van der Waals surface area contributed by atoms with Crippen LogP contribution < -0.4 is 5.32 Å². The van der Waals surface area contributed by atoms with Crippen LogP contribution in [0, 0.1) is 6.92 Å². The van der Waals surface area contributed by atoms with Crippen LogP contribution in [-0.2, 0) is 0 Å². The zero-order chi connectivity index (χ0) is 13.0. The molecule has 1 N–H and O–H groups in total. The molecule has 0 aliphatic heterocycles. The van der Waals surface area contributed by atoms with Gasteiger partial charge in [-0.3, -0.25) is 0 Å². The van der Waals surface area contributed by atoms with Gasteiger partial charge in [0, 0.05) is 12.2 Å². The molecule has 4 heteroatoms. The molecule has 0 aromatic carbocycles. The van der Waals surface area contributed by atoms with Crippen molar-refractivity contribution < 1.29 is 4.42 Å². The average molecular weight is 262 g/mol. The molecule has 0 aliphatic rings. The first-order valence-electron chi connectivity index (χ1n) is 6.12. The summed E-state index contributed by atoms with van der Waals surface area (Å²) in [6.07, 6.45) is 3.57. The Hall–Kier alpha value is -1.26. The standard InChI is InChI=1S/C14H18N2OS/c1-4-15-10(2)12-5-7-16-14(9-12)18-13-6-8-17-11(13)3/h5-10,15H,4H2,1-3H3. The van der Waals surface area contributed by atoms with E-state index >= 15 is 0 Å². The summed E-state index contributed by atoms with van der Waals surface area (Å²) in [6.45, 7) is 7.21. The maximum Gasteiger partial charge on any atom is 0.114 e. The lowest BCUT2D eigenvalue weighted by atomic mass is 10.1. The van der Waals surface area contributed by atoms with Crippen LogP contribution in [0.5, 0.6) is 0 Å². The Morgan fingerprint density at radius 2 is 2.28 bits per heavy atom. The van der Waals surface area contributed by atoms with Gasteiger partial charge in [-0.05, 0) is 44.2 Å². The van der Waals surface area contributed by atoms with Crippen LogP contribution in [0.1, 0.15) is 31.2 Å². The van der Waals surface area contributed by atoms with Crippen molar-refractivity contribution in [2.24, 2.45) is 0 Å². The third kappa shape index (κ3) is 3.15. The van der Waals surface area contributed by atoms with Gasteiger partial charge in [0.2, 0.25) is 0 Å². The van der Waals surface area contributed by atoms with Crippen LogP contribution in [0.25, 0.3) is 0 Å². The van der Waals surface area contributed by atoms with Gasteiger partial charge in [0.05, 0.1) is 11.2 Å². The van der Waals surface area contributed by atoms with E-state index in [9.17, 15) is 0 Å². The number of nitrogens with zero attached hydrogens (tertiary/aromatic N) is 1. The number of aryl methyl sites for hydroxylation is 1. The second kappa shape index (κ2) is 6.07. The Morgan fingerprint density at radius 3 is 2.94 bits per heavy atom. The Labute approximate surface area is 112 Å². The largest absolute Gasteiger partial charge is 0.468 e. The molecule has 1 unspecified atom stereocenters. The van der Waals surface area contributed by atoms with Crippen LogP contribution >= 0.6 is 11.8 Å². The molecule has 2 rings (SSSR count). The molecule has 0 saturated carbocycles. The highest BCUT2D eigenvalue weighted by Gasteiger charge is 2.08. The molecule has 0 amide bonds. The van der Waals surface area contributed by atoms with Crippen molar-refractivity contribution >= 4 is 11.8 Å². The molecule has 0 spiro atoms. The van der Waals surface area contributed by atoms with Gasteiger partial charge in [-0.1, -0.05) is 18.7 Å². The van der Waals surface area contributed by atoms with E-state index in [-0.39, 0.29) is 0 Å². The lowest BCUT2D eigenvalue weighted by Gasteiger charge is -2.13. The van der Waals surface area contributed by atoms with Crippen molar-refractivity contribution in [2.75, 3.05) is 6.54 Å². The zero-order valence-corrected chi connectivity index (χ0v) is 11.8. The van der Waals surface area contributed by atoms with E-state index in [4.69, 9.17) is 4.42 Å². The van der Waals surface area contributed by atoms with Gasteiger partial charge in [-0.25, -0.2) is 4.98 Å². The van der Waals surface area contributed by atoms with Crippen molar-refractivity contribution in [3.63, 3.8) is 0 Å². The number of rotatable bonds is 5. The summed E-state index contributed by atoms with van der Waals surface area (Å²) in [5.41, 5.74) is 1.26. The molecule has 2 aromatic heterocycles. The second-order valence-electron chi connectivity index (χ2n) is 4.15. The van der Waals surface area contributed by atoms with Crippen molar-refractivity contribution in [2.45, 2.75) is 36.7 Å². The van der Waals surface area contributed by atoms with Crippen molar-refractivity contribution in [3.8, 4) is 0 Å². The molecule has 0 aliphatic carbocycles. The molecule has 18 heavy (non-hydrogen) atoms. The fraction of sp³-hybridized carbons (Fsp3) is 0.357. The first kappa shape index (κ1) is 13.2. The van der Waals surface area contributed by atoms with Crippen LogP contribution in [0.4, 0.5) is 0 Å². The van der Waals surface area contributed by atoms with Crippen LogP contribution in [0.15, 0.2) is 45.0 Å². The number of hydrogen-bond donors (Lipinski definition) is 1. The van der Waals surface area contributed by atoms with Gasteiger partial charge >= 0.3 is 0 Å². The number of pyridine rings is 1. The van der Waals surface area contributed by atoms with Gasteiger partial charge in [-0.2, -0.15) is 0 Å². The summed E-state index contributed by atoms with van der Waals surface area (Å²) >= 11 is 1.64. The highest BCUT2D eigenvalue weighted by atomic mass is 32.2. The van der Waals surface area contributed by atoms with Crippen LogP contribution in [0.2, 0.25) is 0 Å². The molecular formula is C14H18N2OS. The fourth-order valence-corrected chi connectivity index (χ4v) is 2.62. The molecule has 1 atom stereocenters. The Balaban J connectivity index is 2.15. The summed E-state index contributed by atoms with van der Waals surface area (Å²) in [4.78, 5) is 5.51. The van der Waals surface area contributed by atoms with E-state index in [2.05, 4.69) is 36.3 Å². The van der Waals surface area contributed by atoms with E-state index in [1.807, 2.05) is 19.2 Å². The Morgan fingerprint density at radius 1 is 1.44 bits per heavy atom. The molecular weight excluding hydrogens is 244 g/mol. The third-order valence-corrected chi connectivity index (χ3v) is 3.87. The summed E-state index contributed by atoms with van der Waals surface area (Å²) in [6, 6.07) is 6.51. The highest BCUT2D eigenvalue weighted by Crippen LogP contribution is 2.30. The summed E-state index contributed by atoms with van der Waals surface area (Å²) in [5.74, 6) is 0.937. The molecule has 2 heterocycles. The zero-order valence-electron chi connectivity index (χ0n) is 10.9. The topological polar surface area (TPSA) is 38.1 Å². The monoisotopic (exact) mass is 262 g/mol. The predicted octanol–water partition coefficient (Wildman–Crippen LogP) is 3.80. The maximum atomic E-state index is 5.29. The molecule has 0 radical (unpaired) electrons. The Bertz CT molecular complexity index is 510. The molecule has 96 valence electrons. The van der Waals surface area contributed by atoms with E-state index in [1.54, 1.807) is 18.0 Å². The quantitative estimate of drug-likeness (QED) is 0.889. The van der Waals surface area contributed by atoms with E-state index in [1.165, 1.54) is 5.56 Å². The van der Waals surface area contributed by atoms with Crippen molar-refractivity contribution in [3.05, 3.63) is 42.0 Å². The highest BCUT2D eigenvalue weighted by molar-refractivity contribution is 7.99. The third-order valence-electron chi connectivity index (χ3n) is 2.79. The normalized spacial score (nSPS) is 12.6. The summed E-state index contributed by atoms with van der Waals surface area (Å²) in [5, 5.41) is 4.41. The van der Waals surface area contributed by atoms with Gasteiger partial charge in [0.25, 0.3) is 0 Å². The SMILES string of the molecule is CCNC(C)c1ccnc(Sc2ccoc2C)c1. The number of furan rings is 1. The molecule has 0 fully saturated rings. The van der Waals surface area contributed by atoms with E-state index in [0.29, 0.717) is 6.04 Å². The fourth-order valence-electron chi connectivity index (χ4n) is 1.77. The predicted molar refractivity (Wildman–Crippen MR) is 73.9 cm³/mol. The number of nitrogens with one attached hydrogen (secondary N) is 1. The smallest absolute Gasteiger partial charge is 0.114 e. The van der Waals surface area contributed by atoms with Gasteiger partial charge in [0.1, 0.15) is 10.8 Å². The lowest BCUT2D eigenvalue weighted by Crippen LogP contribution is -2.17. The second-order valence-corrected chi connectivity index (χ2v) is 5.21. The minimum atomic E-state index is 0.350. The molecule has 0 saturated heterocycles. The van der Waals surface area contributed by atoms with Crippen LogP contribution in [0.3, 0.4) is 0 Å². The van der Waals surface area contributed by atoms with Crippen LogP contribution in [-0.4, -0.2) is 11.5 Å². The van der Waals surface area contributed by atoms with E-state index < -0.39 is 0 Å². The van der Waals surface area contributed by atoms with Gasteiger partial charge < -0.3 is 9.73 Å². The summed E-state index contributed by atoms with van der Waals surface area (Å²) < 4.78 is 5.29. The van der Waals surface area contributed by atoms with Gasteiger partial charge in [-0.15, -0.1) is 0 Å². The van der Waals surface area contributed by atoms with Crippen molar-refractivity contribution in [1.82, 2.24) is 10.3 Å². The Kier molecular flexibility index (Phi) is 4.44. The number of aromatic nitrogens is 1. The number of hydrogen-bond acceptors (Lipinski definition) is 4. The van der Waals surface area contributed by atoms with E-state index in [0.717, 1.165) is 22.2 Å². The first-order valence-corrected chi connectivity index (χ1v) is 6.93. The molecule has 2 aromatic rings. The molecule has 0 bridgehead atoms. The maximum absolute atomic E-state index is 5.29. The summed E-state index contributed by atoms with van der Waals surface area (Å²) in [7, 11) is 0. The lowest BCUT2D eigenvalue weighted by molar-refractivity contribution is 0.527. The molecule has 3 nitrogen and oxygen atoms in total. The first-order chi connectivity index (χ1) is 8.70.